The van der Waals surface area contributed by atoms with Crippen LogP contribution in [-0.4, -0.2) is 34.9 Å². The molecule has 0 fully saturated rings. The van der Waals surface area contributed by atoms with E-state index in [1.54, 1.807) is 6.08 Å². The van der Waals surface area contributed by atoms with E-state index >= 15 is 0 Å². The zero-order chi connectivity index (χ0) is 54.1. The van der Waals surface area contributed by atoms with Crippen LogP contribution < -0.4 is 5.32 Å². The molecule has 0 aliphatic heterocycles. The normalized spacial score (nSPS) is 13.5. The van der Waals surface area contributed by atoms with E-state index in [1.165, 1.54) is 218 Å². The molecular formula is C71H125NO3. The first kappa shape index (κ1) is 72.0. The molecule has 0 heterocycles. The predicted octanol–water partition coefficient (Wildman–Crippen LogP) is 22.2. The van der Waals surface area contributed by atoms with Crippen molar-refractivity contribution in [1.29, 1.82) is 0 Å². The molecule has 4 heteroatoms. The molecule has 3 N–H and O–H groups in total. The van der Waals surface area contributed by atoms with Gasteiger partial charge in [-0.25, -0.2) is 0 Å². The molecule has 0 rings (SSSR count). The van der Waals surface area contributed by atoms with Gasteiger partial charge in [-0.3, -0.25) is 4.79 Å². The van der Waals surface area contributed by atoms with E-state index in [4.69, 9.17) is 0 Å². The van der Waals surface area contributed by atoms with Crippen LogP contribution in [0.3, 0.4) is 0 Å². The van der Waals surface area contributed by atoms with Gasteiger partial charge in [-0.15, -0.1) is 0 Å². The van der Waals surface area contributed by atoms with Crippen molar-refractivity contribution >= 4 is 5.91 Å². The quantitative estimate of drug-likeness (QED) is 0.0420. The summed E-state index contributed by atoms with van der Waals surface area (Å²) in [6.07, 6.45) is 98.6. The average Bonchev–Trinajstić information content (AvgIpc) is 3.41. The number of nitrogens with one attached hydrogen (secondary N) is 1. The second kappa shape index (κ2) is 65.3. The van der Waals surface area contributed by atoms with E-state index in [0.717, 1.165) is 77.0 Å². The van der Waals surface area contributed by atoms with Crippen molar-refractivity contribution < 1.29 is 15.0 Å². The summed E-state index contributed by atoms with van der Waals surface area (Å²) in [6, 6.07) is -0.650. The summed E-state index contributed by atoms with van der Waals surface area (Å²) < 4.78 is 0. The van der Waals surface area contributed by atoms with Gasteiger partial charge in [0.15, 0.2) is 0 Å². The summed E-state index contributed by atoms with van der Waals surface area (Å²) in [6.45, 7) is 4.20. The van der Waals surface area contributed by atoms with Crippen LogP contribution in [0.5, 0.6) is 0 Å². The van der Waals surface area contributed by atoms with E-state index in [0.29, 0.717) is 6.42 Å². The van der Waals surface area contributed by atoms with Crippen LogP contribution in [0.25, 0.3) is 0 Å². The lowest BCUT2D eigenvalue weighted by Gasteiger charge is -2.19. The van der Waals surface area contributed by atoms with Gasteiger partial charge >= 0.3 is 0 Å². The van der Waals surface area contributed by atoms with Crippen LogP contribution >= 0.6 is 0 Å². The van der Waals surface area contributed by atoms with Crippen LogP contribution in [0.15, 0.2) is 109 Å². The first-order valence-electron chi connectivity index (χ1n) is 32.6. The second-order valence-corrected chi connectivity index (χ2v) is 21.8. The van der Waals surface area contributed by atoms with Gasteiger partial charge in [0.1, 0.15) is 0 Å². The minimum absolute atomic E-state index is 0.0782. The standard InChI is InChI=1S/C71H125NO3/c1-3-5-7-9-11-13-15-17-19-21-23-25-27-29-31-33-35-36-37-39-41-43-45-47-49-51-53-55-57-59-61-63-65-67-71(75)72-69(68-73)70(74)66-64-62-60-58-56-54-52-50-48-46-44-42-40-38-34-32-30-28-26-24-22-20-18-16-14-12-10-8-6-4-2/h5,7,11,13,17,19,23,25,29,31,35-36,39,41,56,58,64,66,69-70,73-74H,3-4,6,8-10,12,14-16,18,20-22,24,26-28,30,32-34,37-38,40,42-55,57,59-63,65,67-68H2,1-2H3,(H,72,75)/b7-5-,13-11-,19-17-,25-23-,31-29-,36-35-,41-39-,58-56+,66-64+. The van der Waals surface area contributed by atoms with Gasteiger partial charge < -0.3 is 15.5 Å². The van der Waals surface area contributed by atoms with Gasteiger partial charge in [-0.05, 0) is 89.9 Å². The van der Waals surface area contributed by atoms with E-state index < -0.39 is 12.1 Å². The molecule has 0 radical (unpaired) electrons. The largest absolute Gasteiger partial charge is 0.394 e. The summed E-state index contributed by atoms with van der Waals surface area (Å²) in [5, 5.41) is 23.2. The molecule has 0 saturated carbocycles. The van der Waals surface area contributed by atoms with Crippen LogP contribution in [0.4, 0.5) is 0 Å². The van der Waals surface area contributed by atoms with E-state index in [1.807, 2.05) is 6.08 Å². The highest BCUT2D eigenvalue weighted by molar-refractivity contribution is 5.76. The zero-order valence-electron chi connectivity index (χ0n) is 49.8. The Morgan fingerprint density at radius 2 is 0.600 bits per heavy atom. The van der Waals surface area contributed by atoms with Crippen LogP contribution in [-0.2, 0) is 4.79 Å². The smallest absolute Gasteiger partial charge is 0.220 e. The predicted molar refractivity (Wildman–Crippen MR) is 336 cm³/mol. The molecule has 0 spiro atoms. The lowest BCUT2D eigenvalue weighted by Crippen LogP contribution is -2.45. The van der Waals surface area contributed by atoms with Crippen LogP contribution in [0.2, 0.25) is 0 Å². The van der Waals surface area contributed by atoms with Gasteiger partial charge in [-0.1, -0.05) is 329 Å². The Bertz CT molecular complexity index is 1410. The van der Waals surface area contributed by atoms with Crippen molar-refractivity contribution in [2.75, 3.05) is 6.61 Å². The maximum absolute atomic E-state index is 12.5. The minimum Gasteiger partial charge on any atom is -0.394 e. The summed E-state index contributed by atoms with van der Waals surface area (Å²) >= 11 is 0. The summed E-state index contributed by atoms with van der Waals surface area (Å²) in [5.41, 5.74) is 0. The molecule has 2 atom stereocenters. The maximum Gasteiger partial charge on any atom is 0.220 e. The molecule has 1 amide bonds. The Hall–Kier alpha value is -2.95. The molecule has 75 heavy (non-hydrogen) atoms. The number of rotatable bonds is 59. The van der Waals surface area contributed by atoms with E-state index in [2.05, 4.69) is 116 Å². The number of aliphatic hydroxyl groups is 2. The lowest BCUT2D eigenvalue weighted by molar-refractivity contribution is -0.123. The van der Waals surface area contributed by atoms with E-state index in [9.17, 15) is 15.0 Å². The van der Waals surface area contributed by atoms with Gasteiger partial charge in [0.2, 0.25) is 5.91 Å². The fourth-order valence-electron chi connectivity index (χ4n) is 9.59. The van der Waals surface area contributed by atoms with Gasteiger partial charge in [0.25, 0.3) is 0 Å². The highest BCUT2D eigenvalue weighted by Gasteiger charge is 2.18. The third kappa shape index (κ3) is 61.8. The Kier molecular flexibility index (Phi) is 62.8. The highest BCUT2D eigenvalue weighted by Crippen LogP contribution is 2.17. The molecule has 0 aliphatic carbocycles. The summed E-state index contributed by atoms with van der Waals surface area (Å²) in [4.78, 5) is 12.5. The summed E-state index contributed by atoms with van der Waals surface area (Å²) in [7, 11) is 0. The van der Waals surface area contributed by atoms with Crippen molar-refractivity contribution in [2.45, 2.75) is 328 Å². The lowest BCUT2D eigenvalue weighted by atomic mass is 10.0. The topological polar surface area (TPSA) is 69.6 Å². The minimum atomic E-state index is -0.872. The van der Waals surface area contributed by atoms with Crippen LogP contribution in [0.1, 0.15) is 316 Å². The molecule has 0 saturated heterocycles. The van der Waals surface area contributed by atoms with Gasteiger partial charge in [0.05, 0.1) is 18.8 Å². The highest BCUT2D eigenvalue weighted by atomic mass is 16.3. The third-order valence-corrected chi connectivity index (χ3v) is 14.5. The van der Waals surface area contributed by atoms with E-state index in [-0.39, 0.29) is 12.5 Å². The fourth-order valence-corrected chi connectivity index (χ4v) is 9.59. The third-order valence-electron chi connectivity index (χ3n) is 14.5. The van der Waals surface area contributed by atoms with Gasteiger partial charge in [-0.2, -0.15) is 0 Å². The molecule has 4 nitrogen and oxygen atoms in total. The summed E-state index contributed by atoms with van der Waals surface area (Å²) in [5.74, 6) is -0.0782. The number of allylic oxidation sites excluding steroid dienone is 17. The van der Waals surface area contributed by atoms with Crippen molar-refractivity contribution in [3.63, 3.8) is 0 Å². The number of amides is 1. The van der Waals surface area contributed by atoms with Crippen LogP contribution in [0, 0.1) is 0 Å². The molecule has 0 aromatic carbocycles. The molecular weight excluding hydrogens is 915 g/mol. The Balaban J connectivity index is 3.55. The fraction of sp³-hybridized carbons (Fsp3) is 0.732. The molecule has 0 aromatic heterocycles. The molecule has 0 aromatic rings. The Morgan fingerprint density at radius 1 is 0.333 bits per heavy atom. The van der Waals surface area contributed by atoms with Crippen molar-refractivity contribution in [1.82, 2.24) is 5.32 Å². The number of unbranched alkanes of at least 4 members (excludes halogenated alkanes) is 36. The SMILES string of the molecule is CC/C=C\C/C=C\C/C=C\C/C=C\C/C=C\C/C=C\C/C=C\CCCCCCCCCCCCCC(=O)NC(CO)C(O)/C=C/CC/C=C/CCCCCCCCCCCCCCCCCCCCCCCCCC. The maximum atomic E-state index is 12.5. The number of carbonyl (C=O) groups is 1. The molecule has 0 aliphatic rings. The van der Waals surface area contributed by atoms with Crippen molar-refractivity contribution in [3.05, 3.63) is 109 Å². The monoisotopic (exact) mass is 1040 g/mol. The molecule has 432 valence electrons. The first-order chi connectivity index (χ1) is 37.2. The molecule has 0 bridgehead atoms. The van der Waals surface area contributed by atoms with Crippen molar-refractivity contribution in [2.24, 2.45) is 0 Å². The Morgan fingerprint density at radius 3 is 0.933 bits per heavy atom. The Labute approximate surface area is 467 Å². The first-order valence-corrected chi connectivity index (χ1v) is 32.6. The number of hydrogen-bond donors (Lipinski definition) is 3. The second-order valence-electron chi connectivity index (χ2n) is 21.8. The number of hydrogen-bond acceptors (Lipinski definition) is 3. The number of carbonyl (C=O) groups excluding carboxylic acids is 1. The number of aliphatic hydroxyl groups excluding tert-OH is 2. The average molecular weight is 1040 g/mol. The van der Waals surface area contributed by atoms with Gasteiger partial charge in [0, 0.05) is 6.42 Å². The molecule has 2 unspecified atom stereocenters. The zero-order valence-corrected chi connectivity index (χ0v) is 49.8. The van der Waals surface area contributed by atoms with Crippen molar-refractivity contribution in [3.8, 4) is 0 Å².